The second kappa shape index (κ2) is 6.16. The van der Waals surface area contributed by atoms with E-state index in [0.717, 1.165) is 41.7 Å². The van der Waals surface area contributed by atoms with Gasteiger partial charge in [0.2, 0.25) is 0 Å². The topological polar surface area (TPSA) is 42.7 Å². The number of nitrogens with one attached hydrogen (secondary N) is 1. The van der Waals surface area contributed by atoms with Crippen LogP contribution in [0.25, 0.3) is 0 Å². The van der Waals surface area contributed by atoms with Crippen LogP contribution in [-0.4, -0.2) is 14.8 Å². The Labute approximate surface area is 130 Å². The predicted octanol–water partition coefficient (Wildman–Crippen LogP) is 3.43. The van der Waals surface area contributed by atoms with E-state index >= 15 is 0 Å². The highest BCUT2D eigenvalue weighted by Gasteiger charge is 2.19. The molecule has 1 aromatic heterocycles. The summed E-state index contributed by atoms with van der Waals surface area (Å²) in [5.41, 5.74) is 2.30. The molecule has 1 N–H and O–H groups in total. The number of benzene rings is 1. The number of rotatable bonds is 4. The highest BCUT2D eigenvalue weighted by atomic mass is 35.5. The van der Waals surface area contributed by atoms with E-state index in [-0.39, 0.29) is 6.04 Å². The second-order valence-corrected chi connectivity index (χ2v) is 6.18. The van der Waals surface area contributed by atoms with Gasteiger partial charge in [0.25, 0.3) is 0 Å². The van der Waals surface area contributed by atoms with E-state index < -0.39 is 0 Å². The number of hydrogen-bond acceptors (Lipinski definition) is 3. The summed E-state index contributed by atoms with van der Waals surface area (Å²) in [7, 11) is 0. The molecule has 0 unspecified atom stereocenters. The molecule has 0 fully saturated rings. The van der Waals surface area contributed by atoms with E-state index in [1.54, 1.807) is 0 Å². The SMILES string of the molecule is Cc1ccc(CN[C@H](C)c2nnc3n2CCCC3)cc1Cl. The first-order valence-electron chi connectivity index (χ1n) is 7.55. The van der Waals surface area contributed by atoms with E-state index in [4.69, 9.17) is 11.6 Å². The van der Waals surface area contributed by atoms with E-state index in [1.807, 2.05) is 13.0 Å². The number of aromatic nitrogens is 3. The normalized spacial score (nSPS) is 15.8. The number of fused-ring (bicyclic) bond motifs is 1. The molecule has 0 radical (unpaired) electrons. The molecule has 3 rings (SSSR count). The van der Waals surface area contributed by atoms with Gasteiger partial charge in [-0.25, -0.2) is 0 Å². The molecule has 4 nitrogen and oxygen atoms in total. The summed E-state index contributed by atoms with van der Waals surface area (Å²) in [6.07, 6.45) is 3.49. The lowest BCUT2D eigenvalue weighted by molar-refractivity contribution is 0.465. The minimum absolute atomic E-state index is 0.185. The largest absolute Gasteiger partial charge is 0.314 e. The standard InChI is InChI=1S/C16H21ClN4/c1-11-6-7-13(9-14(11)17)10-18-12(2)16-20-19-15-5-3-4-8-21(15)16/h6-7,9,12,18H,3-5,8,10H2,1-2H3/t12-/m1/s1. The van der Waals surface area contributed by atoms with Crippen LogP contribution in [0.2, 0.25) is 5.02 Å². The molecular weight excluding hydrogens is 284 g/mol. The minimum atomic E-state index is 0.185. The number of halogens is 1. The van der Waals surface area contributed by atoms with Crippen LogP contribution in [0.15, 0.2) is 18.2 Å². The van der Waals surface area contributed by atoms with Crippen LogP contribution in [0.1, 0.15) is 48.6 Å². The van der Waals surface area contributed by atoms with Gasteiger partial charge in [-0.15, -0.1) is 10.2 Å². The lowest BCUT2D eigenvalue weighted by atomic mass is 10.1. The first-order valence-corrected chi connectivity index (χ1v) is 7.93. The van der Waals surface area contributed by atoms with Gasteiger partial charge in [-0.3, -0.25) is 0 Å². The van der Waals surface area contributed by atoms with Crippen molar-refractivity contribution < 1.29 is 0 Å². The van der Waals surface area contributed by atoms with Gasteiger partial charge in [0.15, 0.2) is 0 Å². The maximum absolute atomic E-state index is 6.17. The van der Waals surface area contributed by atoms with Crippen LogP contribution in [0, 0.1) is 6.92 Å². The van der Waals surface area contributed by atoms with Crippen molar-refractivity contribution in [2.45, 2.75) is 52.2 Å². The number of nitrogens with zero attached hydrogens (tertiary/aromatic N) is 3. The van der Waals surface area contributed by atoms with E-state index in [9.17, 15) is 0 Å². The van der Waals surface area contributed by atoms with Gasteiger partial charge in [-0.2, -0.15) is 0 Å². The second-order valence-electron chi connectivity index (χ2n) is 5.77. The molecule has 21 heavy (non-hydrogen) atoms. The molecule has 2 aromatic rings. The van der Waals surface area contributed by atoms with Crippen LogP contribution < -0.4 is 5.32 Å². The highest BCUT2D eigenvalue weighted by molar-refractivity contribution is 6.31. The Morgan fingerprint density at radius 2 is 2.19 bits per heavy atom. The van der Waals surface area contributed by atoms with E-state index in [2.05, 4.69) is 39.1 Å². The van der Waals surface area contributed by atoms with Crippen molar-refractivity contribution in [2.24, 2.45) is 0 Å². The summed E-state index contributed by atoms with van der Waals surface area (Å²) in [6.45, 7) is 5.98. The first-order chi connectivity index (χ1) is 10.1. The van der Waals surface area contributed by atoms with Gasteiger partial charge in [0.1, 0.15) is 11.6 Å². The first kappa shape index (κ1) is 14.5. The zero-order valence-corrected chi connectivity index (χ0v) is 13.3. The third-order valence-electron chi connectivity index (χ3n) is 4.12. The molecule has 2 heterocycles. The zero-order valence-electron chi connectivity index (χ0n) is 12.6. The fourth-order valence-electron chi connectivity index (χ4n) is 2.76. The third kappa shape index (κ3) is 3.11. The quantitative estimate of drug-likeness (QED) is 0.941. The Balaban J connectivity index is 1.67. The van der Waals surface area contributed by atoms with Crippen LogP contribution in [0.3, 0.4) is 0 Å². The fourth-order valence-corrected chi connectivity index (χ4v) is 2.96. The Bertz CT molecular complexity index is 635. The van der Waals surface area contributed by atoms with Gasteiger partial charge >= 0.3 is 0 Å². The molecule has 0 aliphatic carbocycles. The third-order valence-corrected chi connectivity index (χ3v) is 4.53. The summed E-state index contributed by atoms with van der Waals surface area (Å²) >= 11 is 6.17. The van der Waals surface area contributed by atoms with Crippen LogP contribution in [-0.2, 0) is 19.5 Å². The molecule has 5 heteroatoms. The van der Waals surface area contributed by atoms with Crippen LogP contribution >= 0.6 is 11.6 Å². The van der Waals surface area contributed by atoms with E-state index in [0.29, 0.717) is 0 Å². The molecule has 0 bridgehead atoms. The average Bonchev–Trinajstić information content (AvgIpc) is 2.92. The highest BCUT2D eigenvalue weighted by Crippen LogP contribution is 2.20. The maximum Gasteiger partial charge on any atom is 0.149 e. The summed E-state index contributed by atoms with van der Waals surface area (Å²) in [5.74, 6) is 2.17. The molecule has 1 atom stereocenters. The molecule has 1 aliphatic rings. The molecule has 0 spiro atoms. The van der Waals surface area contributed by atoms with Crippen molar-refractivity contribution in [3.8, 4) is 0 Å². The van der Waals surface area contributed by atoms with Crippen molar-refractivity contribution in [1.29, 1.82) is 0 Å². The molecule has 1 aromatic carbocycles. The predicted molar refractivity (Wildman–Crippen MR) is 84.4 cm³/mol. The monoisotopic (exact) mass is 304 g/mol. The van der Waals surface area contributed by atoms with Gasteiger partial charge in [-0.05, 0) is 43.9 Å². The van der Waals surface area contributed by atoms with Gasteiger partial charge < -0.3 is 9.88 Å². The van der Waals surface area contributed by atoms with Crippen molar-refractivity contribution >= 4 is 11.6 Å². The fraction of sp³-hybridized carbons (Fsp3) is 0.500. The molecular formula is C16H21ClN4. The molecule has 0 saturated carbocycles. The number of aryl methyl sites for hydroxylation is 2. The molecule has 112 valence electrons. The Kier molecular flexibility index (Phi) is 4.27. The average molecular weight is 305 g/mol. The molecule has 0 saturated heterocycles. The van der Waals surface area contributed by atoms with Gasteiger partial charge in [0, 0.05) is 24.5 Å². The maximum atomic E-state index is 6.17. The van der Waals surface area contributed by atoms with Crippen molar-refractivity contribution in [3.63, 3.8) is 0 Å². The Morgan fingerprint density at radius 3 is 3.00 bits per heavy atom. The minimum Gasteiger partial charge on any atom is -0.314 e. The van der Waals surface area contributed by atoms with Crippen molar-refractivity contribution in [3.05, 3.63) is 46.0 Å². The lowest BCUT2D eigenvalue weighted by Crippen LogP contribution is -2.23. The summed E-state index contributed by atoms with van der Waals surface area (Å²) in [6, 6.07) is 6.38. The van der Waals surface area contributed by atoms with Crippen LogP contribution in [0.5, 0.6) is 0 Å². The summed E-state index contributed by atoms with van der Waals surface area (Å²) in [5, 5.41) is 13.0. The lowest BCUT2D eigenvalue weighted by Gasteiger charge is -2.19. The van der Waals surface area contributed by atoms with E-state index in [1.165, 1.54) is 18.4 Å². The Hall–Kier alpha value is -1.39. The molecule has 1 aliphatic heterocycles. The summed E-state index contributed by atoms with van der Waals surface area (Å²) < 4.78 is 2.27. The van der Waals surface area contributed by atoms with Crippen molar-refractivity contribution in [1.82, 2.24) is 20.1 Å². The zero-order chi connectivity index (χ0) is 14.8. The van der Waals surface area contributed by atoms with Gasteiger partial charge in [0.05, 0.1) is 6.04 Å². The number of hydrogen-bond donors (Lipinski definition) is 1. The summed E-state index contributed by atoms with van der Waals surface area (Å²) in [4.78, 5) is 0. The Morgan fingerprint density at radius 1 is 1.33 bits per heavy atom. The molecule has 0 amide bonds. The smallest absolute Gasteiger partial charge is 0.149 e. The van der Waals surface area contributed by atoms with Gasteiger partial charge in [-0.1, -0.05) is 23.7 Å². The van der Waals surface area contributed by atoms with Crippen LogP contribution in [0.4, 0.5) is 0 Å². The van der Waals surface area contributed by atoms with Crippen molar-refractivity contribution in [2.75, 3.05) is 0 Å².